The Hall–Kier alpha value is -2.66. The van der Waals surface area contributed by atoms with Crippen molar-refractivity contribution in [3.8, 4) is 11.5 Å². The maximum absolute atomic E-state index is 12.7. The molecule has 0 fully saturated rings. The van der Waals surface area contributed by atoms with Crippen molar-refractivity contribution in [2.24, 2.45) is 0 Å². The average molecular weight is 359 g/mol. The topological polar surface area (TPSA) is 50.8 Å². The number of nitrogens with one attached hydrogen (secondary N) is 1. The van der Waals surface area contributed by atoms with Gasteiger partial charge in [0, 0.05) is 10.7 Å². The van der Waals surface area contributed by atoms with Crippen LogP contribution in [0.25, 0.3) is 0 Å². The van der Waals surface area contributed by atoms with Gasteiger partial charge in [0.05, 0.1) is 25.9 Å². The molecular weight excluding hydrogens is 340 g/mol. The summed E-state index contributed by atoms with van der Waals surface area (Å²) >= 11 is 6.04. The molecule has 0 bridgehead atoms. The molecule has 1 heterocycles. The molecule has 1 unspecified atom stereocenters. The Bertz CT molecular complexity index is 835. The van der Waals surface area contributed by atoms with E-state index in [0.29, 0.717) is 16.5 Å². The summed E-state index contributed by atoms with van der Waals surface area (Å²) in [4.78, 5) is 14.3. The molecule has 1 atom stereocenters. The predicted octanol–water partition coefficient (Wildman–Crippen LogP) is 4.53. The molecule has 0 aliphatic carbocycles. The molecule has 25 heavy (non-hydrogen) atoms. The third-order valence-electron chi connectivity index (χ3n) is 4.08. The van der Waals surface area contributed by atoms with Crippen LogP contribution in [-0.4, -0.2) is 20.3 Å². The standard InChI is InChI=1S/C19H19ClN2O3/c1-12-9-16(13-7-8-17(24-2)18(10-13)25-3)21-19(23)22(12)15-6-4-5-14(20)11-15/h4-11,16H,1-3H3,(H,21,23). The number of rotatable bonds is 4. The summed E-state index contributed by atoms with van der Waals surface area (Å²) in [5, 5.41) is 3.57. The largest absolute Gasteiger partial charge is 0.493 e. The predicted molar refractivity (Wildman–Crippen MR) is 98.5 cm³/mol. The molecule has 1 aliphatic heterocycles. The lowest BCUT2D eigenvalue weighted by molar-refractivity contribution is 0.244. The van der Waals surface area contributed by atoms with Crippen molar-refractivity contribution in [2.75, 3.05) is 19.1 Å². The monoisotopic (exact) mass is 358 g/mol. The SMILES string of the molecule is COc1ccc(C2C=C(C)N(c3cccc(Cl)c3)C(=O)N2)cc1OC. The van der Waals surface area contributed by atoms with Crippen LogP contribution in [0.5, 0.6) is 11.5 Å². The normalized spacial score (nSPS) is 17.0. The molecule has 0 spiro atoms. The van der Waals surface area contributed by atoms with Crippen LogP contribution in [0, 0.1) is 0 Å². The van der Waals surface area contributed by atoms with E-state index in [4.69, 9.17) is 21.1 Å². The van der Waals surface area contributed by atoms with E-state index < -0.39 is 0 Å². The number of carbonyl (C=O) groups is 1. The zero-order valence-corrected chi connectivity index (χ0v) is 15.0. The quantitative estimate of drug-likeness (QED) is 0.873. The second kappa shape index (κ2) is 7.07. The second-order valence-corrected chi connectivity index (χ2v) is 6.10. The van der Waals surface area contributed by atoms with Gasteiger partial charge in [-0.2, -0.15) is 0 Å². The van der Waals surface area contributed by atoms with Gasteiger partial charge in [-0.05, 0) is 48.9 Å². The highest BCUT2D eigenvalue weighted by molar-refractivity contribution is 6.31. The first-order chi connectivity index (χ1) is 12.0. The summed E-state index contributed by atoms with van der Waals surface area (Å²) in [5.41, 5.74) is 2.46. The molecule has 2 aromatic rings. The highest BCUT2D eigenvalue weighted by atomic mass is 35.5. The Labute approximate surface area is 151 Å². The Balaban J connectivity index is 1.93. The van der Waals surface area contributed by atoms with Gasteiger partial charge in [0.2, 0.25) is 0 Å². The highest BCUT2D eigenvalue weighted by Gasteiger charge is 2.27. The third-order valence-corrected chi connectivity index (χ3v) is 4.31. The molecule has 130 valence electrons. The van der Waals surface area contributed by atoms with Crippen molar-refractivity contribution in [1.29, 1.82) is 0 Å². The van der Waals surface area contributed by atoms with E-state index >= 15 is 0 Å². The first kappa shape index (κ1) is 17.2. The van der Waals surface area contributed by atoms with Crippen LogP contribution in [-0.2, 0) is 0 Å². The fraction of sp³-hybridized carbons (Fsp3) is 0.211. The highest BCUT2D eigenvalue weighted by Crippen LogP contribution is 2.33. The van der Waals surface area contributed by atoms with Gasteiger partial charge in [-0.1, -0.05) is 23.7 Å². The van der Waals surface area contributed by atoms with Crippen LogP contribution in [0.15, 0.2) is 54.2 Å². The van der Waals surface area contributed by atoms with Gasteiger partial charge in [0.15, 0.2) is 11.5 Å². The van der Waals surface area contributed by atoms with Crippen molar-refractivity contribution in [3.63, 3.8) is 0 Å². The van der Waals surface area contributed by atoms with Gasteiger partial charge in [-0.3, -0.25) is 4.90 Å². The fourth-order valence-corrected chi connectivity index (χ4v) is 3.06. The number of halogens is 1. The van der Waals surface area contributed by atoms with Crippen LogP contribution in [0.2, 0.25) is 5.02 Å². The number of urea groups is 1. The summed E-state index contributed by atoms with van der Waals surface area (Å²) in [7, 11) is 3.18. The Morgan fingerprint density at radius 2 is 1.84 bits per heavy atom. The van der Waals surface area contributed by atoms with Crippen molar-refractivity contribution in [1.82, 2.24) is 5.32 Å². The van der Waals surface area contributed by atoms with Crippen molar-refractivity contribution >= 4 is 23.3 Å². The number of nitrogens with zero attached hydrogens (tertiary/aromatic N) is 1. The van der Waals surface area contributed by atoms with Crippen LogP contribution < -0.4 is 19.7 Å². The van der Waals surface area contributed by atoms with Crippen LogP contribution in [0.1, 0.15) is 18.5 Å². The van der Waals surface area contributed by atoms with Crippen molar-refractivity contribution in [2.45, 2.75) is 13.0 Å². The summed E-state index contributed by atoms with van der Waals surface area (Å²) in [6.45, 7) is 1.90. The minimum absolute atomic E-state index is 0.206. The summed E-state index contributed by atoms with van der Waals surface area (Å²) in [6, 6.07) is 12.3. The number of carbonyl (C=O) groups excluding carboxylic acids is 1. The molecule has 5 nitrogen and oxygen atoms in total. The fourth-order valence-electron chi connectivity index (χ4n) is 2.88. The zero-order valence-electron chi connectivity index (χ0n) is 14.2. The van der Waals surface area contributed by atoms with Crippen LogP contribution in [0.3, 0.4) is 0 Å². The number of ether oxygens (including phenoxy) is 2. The van der Waals surface area contributed by atoms with Gasteiger partial charge in [0.1, 0.15) is 0 Å². The Kier molecular flexibility index (Phi) is 4.86. The number of methoxy groups -OCH3 is 2. The maximum atomic E-state index is 12.7. The van der Waals surface area contributed by atoms with E-state index in [-0.39, 0.29) is 12.1 Å². The van der Waals surface area contributed by atoms with Gasteiger partial charge < -0.3 is 14.8 Å². The summed E-state index contributed by atoms with van der Waals surface area (Å²) in [5.74, 6) is 1.27. The molecule has 6 heteroatoms. The van der Waals surface area contributed by atoms with Crippen molar-refractivity contribution in [3.05, 3.63) is 64.8 Å². The number of amides is 2. The number of allylic oxidation sites excluding steroid dienone is 1. The number of hydrogen-bond donors (Lipinski definition) is 1. The zero-order chi connectivity index (χ0) is 18.0. The van der Waals surface area contributed by atoms with Crippen LogP contribution in [0.4, 0.5) is 10.5 Å². The minimum atomic E-state index is -0.247. The lowest BCUT2D eigenvalue weighted by Gasteiger charge is -2.32. The molecule has 0 radical (unpaired) electrons. The first-order valence-electron chi connectivity index (χ1n) is 7.80. The van der Waals surface area contributed by atoms with Gasteiger partial charge in [-0.15, -0.1) is 0 Å². The summed E-state index contributed by atoms with van der Waals surface area (Å²) < 4.78 is 10.6. The molecule has 2 amide bonds. The summed E-state index contributed by atoms with van der Waals surface area (Å²) in [6.07, 6.45) is 1.99. The first-order valence-corrected chi connectivity index (χ1v) is 8.18. The smallest absolute Gasteiger partial charge is 0.326 e. The second-order valence-electron chi connectivity index (χ2n) is 5.66. The lowest BCUT2D eigenvalue weighted by Crippen LogP contribution is -2.44. The van der Waals surface area contributed by atoms with Gasteiger partial charge in [-0.25, -0.2) is 4.79 Å². The number of benzene rings is 2. The van der Waals surface area contributed by atoms with E-state index in [9.17, 15) is 4.79 Å². The van der Waals surface area contributed by atoms with Crippen molar-refractivity contribution < 1.29 is 14.3 Å². The van der Waals surface area contributed by atoms with Crippen LogP contribution >= 0.6 is 11.6 Å². The molecule has 0 saturated carbocycles. The molecule has 0 aromatic heterocycles. The Morgan fingerprint density at radius 3 is 2.48 bits per heavy atom. The van der Waals surface area contributed by atoms with E-state index in [1.807, 2.05) is 43.3 Å². The Morgan fingerprint density at radius 1 is 1.08 bits per heavy atom. The van der Waals surface area contributed by atoms with E-state index in [0.717, 1.165) is 16.9 Å². The number of hydrogen-bond acceptors (Lipinski definition) is 3. The molecule has 2 aromatic carbocycles. The van der Waals surface area contributed by atoms with E-state index in [1.165, 1.54) is 0 Å². The molecule has 0 saturated heterocycles. The van der Waals surface area contributed by atoms with Gasteiger partial charge in [0.25, 0.3) is 0 Å². The van der Waals surface area contributed by atoms with E-state index in [2.05, 4.69) is 5.32 Å². The molecule has 3 rings (SSSR count). The van der Waals surface area contributed by atoms with Gasteiger partial charge >= 0.3 is 6.03 Å². The molecule has 1 aliphatic rings. The minimum Gasteiger partial charge on any atom is -0.493 e. The molecule has 1 N–H and O–H groups in total. The number of anilines is 1. The maximum Gasteiger partial charge on any atom is 0.326 e. The third kappa shape index (κ3) is 3.42. The lowest BCUT2D eigenvalue weighted by atomic mass is 10.0. The van der Waals surface area contributed by atoms with E-state index in [1.54, 1.807) is 31.3 Å². The molecular formula is C19H19ClN2O3. The average Bonchev–Trinajstić information content (AvgIpc) is 2.60.